The summed E-state index contributed by atoms with van der Waals surface area (Å²) in [5, 5.41) is 3.62. The molecule has 1 rings (SSSR count). The van der Waals surface area contributed by atoms with E-state index < -0.39 is 10.0 Å². The number of hydrogen-bond acceptors (Lipinski definition) is 5. The molecule has 0 saturated heterocycles. The lowest BCUT2D eigenvalue weighted by atomic mass is 10.4. The van der Waals surface area contributed by atoms with Crippen molar-refractivity contribution >= 4 is 21.6 Å². The molecular formula is C10H17ClN2O4S. The first kappa shape index (κ1) is 15.4. The highest BCUT2D eigenvalue weighted by Gasteiger charge is 2.23. The fourth-order valence-electron chi connectivity index (χ4n) is 1.47. The Morgan fingerprint density at radius 2 is 2.11 bits per heavy atom. The molecule has 6 nitrogen and oxygen atoms in total. The van der Waals surface area contributed by atoms with E-state index in [4.69, 9.17) is 20.9 Å². The number of ether oxygens (including phenoxy) is 1. The Kier molecular flexibility index (Phi) is 6.07. The van der Waals surface area contributed by atoms with Crippen molar-refractivity contribution in [3.8, 4) is 0 Å². The van der Waals surface area contributed by atoms with Crippen LogP contribution in [-0.2, 0) is 14.8 Å². The van der Waals surface area contributed by atoms with Crippen molar-refractivity contribution in [3.63, 3.8) is 0 Å². The highest BCUT2D eigenvalue weighted by atomic mass is 35.5. The van der Waals surface area contributed by atoms with Gasteiger partial charge >= 0.3 is 0 Å². The second kappa shape index (κ2) is 7.08. The Hall–Kier alpha value is -0.630. The van der Waals surface area contributed by atoms with Crippen molar-refractivity contribution in [2.45, 2.75) is 25.2 Å². The Labute approximate surface area is 112 Å². The molecule has 104 valence electrons. The second-order valence-corrected chi connectivity index (χ2v) is 5.79. The molecule has 0 atom stereocenters. The minimum Gasteiger partial charge on any atom is -0.380 e. The predicted molar refractivity (Wildman–Crippen MR) is 67.3 cm³/mol. The topological polar surface area (TPSA) is 81.4 Å². The van der Waals surface area contributed by atoms with E-state index >= 15 is 0 Å². The molecule has 0 aliphatic carbocycles. The first-order valence-corrected chi connectivity index (χ1v) is 7.57. The van der Waals surface area contributed by atoms with Crippen molar-refractivity contribution < 1.29 is 17.7 Å². The molecule has 1 aromatic rings. The van der Waals surface area contributed by atoms with Gasteiger partial charge in [-0.2, -0.15) is 0 Å². The quantitative estimate of drug-likeness (QED) is 0.576. The van der Waals surface area contributed by atoms with Crippen LogP contribution < -0.4 is 4.72 Å². The van der Waals surface area contributed by atoms with Crippen LogP contribution >= 0.6 is 11.6 Å². The Morgan fingerprint density at radius 1 is 1.39 bits per heavy atom. The molecule has 1 aromatic heterocycles. The van der Waals surface area contributed by atoms with Crippen LogP contribution in [0.1, 0.15) is 17.9 Å². The molecule has 0 aromatic carbocycles. The van der Waals surface area contributed by atoms with Crippen LogP contribution in [-0.4, -0.2) is 39.2 Å². The van der Waals surface area contributed by atoms with Gasteiger partial charge in [-0.3, -0.25) is 0 Å². The molecular weight excluding hydrogens is 280 g/mol. The van der Waals surface area contributed by atoms with E-state index in [2.05, 4.69) is 9.88 Å². The largest absolute Gasteiger partial charge is 0.380 e. The summed E-state index contributed by atoms with van der Waals surface area (Å²) < 4.78 is 36.4. The van der Waals surface area contributed by atoms with E-state index in [1.807, 2.05) is 0 Å². The highest BCUT2D eigenvalue weighted by molar-refractivity contribution is 7.89. The third kappa shape index (κ3) is 4.24. The first-order valence-electron chi connectivity index (χ1n) is 5.55. The van der Waals surface area contributed by atoms with Gasteiger partial charge in [0.25, 0.3) is 0 Å². The maximum Gasteiger partial charge on any atom is 0.245 e. The molecule has 0 aliphatic heterocycles. The van der Waals surface area contributed by atoms with Gasteiger partial charge < -0.3 is 9.26 Å². The first-order chi connectivity index (χ1) is 8.49. The van der Waals surface area contributed by atoms with Gasteiger partial charge in [-0.15, -0.1) is 11.6 Å². The van der Waals surface area contributed by atoms with Gasteiger partial charge in [0.05, 0.1) is 6.61 Å². The van der Waals surface area contributed by atoms with Crippen molar-refractivity contribution in [3.05, 3.63) is 11.5 Å². The molecule has 0 saturated carbocycles. The minimum atomic E-state index is -3.56. The summed E-state index contributed by atoms with van der Waals surface area (Å²) in [6, 6.07) is 0. The smallest absolute Gasteiger partial charge is 0.245 e. The highest BCUT2D eigenvalue weighted by Crippen LogP contribution is 2.18. The lowest BCUT2D eigenvalue weighted by Gasteiger charge is -2.06. The molecule has 0 bridgehead atoms. The van der Waals surface area contributed by atoms with E-state index in [1.54, 1.807) is 13.8 Å². The van der Waals surface area contributed by atoms with Crippen LogP contribution in [0.4, 0.5) is 0 Å². The van der Waals surface area contributed by atoms with Gasteiger partial charge in [0.1, 0.15) is 10.6 Å². The second-order valence-electron chi connectivity index (χ2n) is 3.71. The van der Waals surface area contributed by atoms with E-state index in [9.17, 15) is 8.42 Å². The number of aryl methyl sites for hydroxylation is 2. The minimum absolute atomic E-state index is 0.115. The Balaban J connectivity index is 2.46. The SMILES string of the molecule is Cc1noc(C)c1S(=O)(=O)NCCCOCCCl. The maximum atomic E-state index is 12.0. The Morgan fingerprint density at radius 3 is 2.67 bits per heavy atom. The van der Waals surface area contributed by atoms with Gasteiger partial charge in [-0.25, -0.2) is 13.1 Å². The summed E-state index contributed by atoms with van der Waals surface area (Å²) in [6.07, 6.45) is 0.583. The third-order valence-electron chi connectivity index (χ3n) is 2.22. The lowest BCUT2D eigenvalue weighted by Crippen LogP contribution is -2.26. The van der Waals surface area contributed by atoms with Crippen molar-refractivity contribution in [2.24, 2.45) is 0 Å². The van der Waals surface area contributed by atoms with Crippen molar-refractivity contribution in [1.29, 1.82) is 0 Å². The molecule has 18 heavy (non-hydrogen) atoms. The molecule has 0 radical (unpaired) electrons. The standard InChI is InChI=1S/C10H17ClN2O4S/c1-8-10(9(2)17-13-8)18(14,15)12-5-3-6-16-7-4-11/h12H,3-7H2,1-2H3. The monoisotopic (exact) mass is 296 g/mol. The Bertz CT molecular complexity index is 453. The molecule has 0 fully saturated rings. The van der Waals surface area contributed by atoms with Crippen molar-refractivity contribution in [1.82, 2.24) is 9.88 Å². The van der Waals surface area contributed by atoms with E-state index in [0.29, 0.717) is 43.5 Å². The third-order valence-corrected chi connectivity index (χ3v) is 4.07. The number of halogens is 1. The summed E-state index contributed by atoms with van der Waals surface area (Å²) in [5.41, 5.74) is 0.360. The summed E-state index contributed by atoms with van der Waals surface area (Å²) in [7, 11) is -3.56. The van der Waals surface area contributed by atoms with E-state index in [-0.39, 0.29) is 4.90 Å². The molecule has 8 heteroatoms. The van der Waals surface area contributed by atoms with Crippen LogP contribution in [0.15, 0.2) is 9.42 Å². The van der Waals surface area contributed by atoms with Gasteiger partial charge in [-0.05, 0) is 20.3 Å². The van der Waals surface area contributed by atoms with Gasteiger partial charge in [0.15, 0.2) is 5.76 Å². The molecule has 0 unspecified atom stereocenters. The van der Waals surface area contributed by atoms with Crippen LogP contribution in [0.5, 0.6) is 0 Å². The fraction of sp³-hybridized carbons (Fsp3) is 0.700. The number of aromatic nitrogens is 1. The average molecular weight is 297 g/mol. The molecule has 1 heterocycles. The summed E-state index contributed by atoms with van der Waals surface area (Å²) in [6.45, 7) is 4.40. The summed E-state index contributed by atoms with van der Waals surface area (Å²) in [5.74, 6) is 0.725. The fourth-order valence-corrected chi connectivity index (χ4v) is 2.98. The van der Waals surface area contributed by atoms with Crippen molar-refractivity contribution in [2.75, 3.05) is 25.6 Å². The number of nitrogens with zero attached hydrogens (tertiary/aromatic N) is 1. The van der Waals surface area contributed by atoms with E-state index in [0.717, 1.165) is 0 Å². The number of rotatable bonds is 8. The summed E-state index contributed by atoms with van der Waals surface area (Å²) >= 11 is 5.44. The van der Waals surface area contributed by atoms with Crippen LogP contribution in [0.25, 0.3) is 0 Å². The van der Waals surface area contributed by atoms with E-state index in [1.165, 1.54) is 0 Å². The van der Waals surface area contributed by atoms with Crippen LogP contribution in [0, 0.1) is 13.8 Å². The molecule has 1 N–H and O–H groups in total. The number of nitrogens with one attached hydrogen (secondary N) is 1. The predicted octanol–water partition coefficient (Wildman–Crippen LogP) is 1.22. The summed E-state index contributed by atoms with van der Waals surface area (Å²) in [4.78, 5) is 0.115. The maximum absolute atomic E-state index is 12.0. The number of sulfonamides is 1. The van der Waals surface area contributed by atoms with Gasteiger partial charge in [-0.1, -0.05) is 5.16 Å². The van der Waals surface area contributed by atoms with Gasteiger partial charge in [0.2, 0.25) is 10.0 Å². The lowest BCUT2D eigenvalue weighted by molar-refractivity contribution is 0.147. The zero-order valence-corrected chi connectivity index (χ0v) is 12.0. The zero-order chi connectivity index (χ0) is 13.6. The van der Waals surface area contributed by atoms with Crippen LogP contribution in [0.2, 0.25) is 0 Å². The zero-order valence-electron chi connectivity index (χ0n) is 10.4. The van der Waals surface area contributed by atoms with Crippen LogP contribution in [0.3, 0.4) is 0 Å². The number of hydrogen-bond donors (Lipinski definition) is 1. The normalized spacial score (nSPS) is 11.9. The molecule has 0 spiro atoms. The molecule has 0 aliphatic rings. The number of alkyl halides is 1. The average Bonchev–Trinajstić information content (AvgIpc) is 2.64. The van der Waals surface area contributed by atoms with Gasteiger partial charge in [0, 0.05) is 19.0 Å². The molecule has 0 amide bonds.